The Hall–Kier alpha value is -0.0900. The fourth-order valence-electron chi connectivity index (χ4n) is 1.53. The van der Waals surface area contributed by atoms with Gasteiger partial charge in [-0.1, -0.05) is 0 Å². The summed E-state index contributed by atoms with van der Waals surface area (Å²) in [6.07, 6.45) is 0. The largest absolute Gasteiger partial charge is 1.00 e. The summed E-state index contributed by atoms with van der Waals surface area (Å²) < 4.78 is 5.98. The molecule has 0 amide bonds. The molecule has 86 valence electrons. The lowest BCUT2D eigenvalue weighted by Gasteiger charge is -2.35. The second-order valence-corrected chi connectivity index (χ2v) is 3.35. The van der Waals surface area contributed by atoms with Gasteiger partial charge in [0.15, 0.2) is 0 Å². The molecule has 0 heterocycles. The quantitative estimate of drug-likeness (QED) is 0.430. The summed E-state index contributed by atoms with van der Waals surface area (Å²) in [6, 6.07) is 0. The first-order chi connectivity index (χ1) is 6.10. The van der Waals surface area contributed by atoms with Gasteiger partial charge in [0.25, 0.3) is 0 Å². The Morgan fingerprint density at radius 1 is 1.14 bits per heavy atom. The lowest BCUT2D eigenvalue weighted by Crippen LogP contribution is -3.00. The van der Waals surface area contributed by atoms with Crippen LogP contribution in [0.1, 0.15) is 27.7 Å². The van der Waals surface area contributed by atoms with E-state index in [0.717, 1.165) is 30.7 Å². The highest BCUT2D eigenvalue weighted by molar-refractivity contribution is 5.65. The highest BCUT2D eigenvalue weighted by Crippen LogP contribution is 2.04. The first-order valence-electron chi connectivity index (χ1n) is 5.08. The molecular weight excluding hydrogens is 246 g/mol. The second kappa shape index (κ2) is 8.24. The molecule has 0 radical (unpaired) electrons. The minimum Gasteiger partial charge on any atom is -1.00 e. The van der Waals surface area contributed by atoms with E-state index in [2.05, 4.69) is 20.8 Å². The van der Waals surface area contributed by atoms with Gasteiger partial charge in [0.2, 0.25) is 0 Å². The fraction of sp³-hybridized carbons (Fsp3) is 0.900. The summed E-state index contributed by atoms with van der Waals surface area (Å²) in [5.41, 5.74) is 0. The molecule has 0 bridgehead atoms. The standard InChI is InChI=1S/C10H22NO2.BrH/c1-5-11(6-2,7-3)8-9-13-10(4)12;/h5-9H2,1-4H3;1H/q+1;/p-1. The summed E-state index contributed by atoms with van der Waals surface area (Å²) in [5.74, 6) is -0.179. The van der Waals surface area contributed by atoms with Gasteiger partial charge in [-0.05, 0) is 20.8 Å². The van der Waals surface area contributed by atoms with Gasteiger partial charge >= 0.3 is 5.97 Å². The van der Waals surface area contributed by atoms with Gasteiger partial charge in [-0.15, -0.1) is 0 Å². The average Bonchev–Trinajstić information content (AvgIpc) is 2.13. The molecule has 0 fully saturated rings. The molecule has 0 aliphatic carbocycles. The smallest absolute Gasteiger partial charge is 0.302 e. The third kappa shape index (κ3) is 5.60. The SMILES string of the molecule is CC[N+](CC)(CC)CCOC(C)=O.[Br-]. The third-order valence-electron chi connectivity index (χ3n) is 2.88. The normalized spacial score (nSPS) is 10.6. The molecule has 0 unspecified atom stereocenters. The van der Waals surface area contributed by atoms with Crippen molar-refractivity contribution in [3.63, 3.8) is 0 Å². The van der Waals surface area contributed by atoms with Crippen molar-refractivity contribution in [3.05, 3.63) is 0 Å². The number of quaternary nitrogens is 1. The molecule has 4 heteroatoms. The Bertz CT molecular complexity index is 150. The molecule has 0 saturated heterocycles. The zero-order valence-electron chi connectivity index (χ0n) is 9.68. The number of hydrogen-bond acceptors (Lipinski definition) is 2. The van der Waals surface area contributed by atoms with Crippen LogP contribution in [-0.2, 0) is 9.53 Å². The molecule has 0 aromatic carbocycles. The zero-order chi connectivity index (χ0) is 10.3. The van der Waals surface area contributed by atoms with Crippen LogP contribution < -0.4 is 17.0 Å². The van der Waals surface area contributed by atoms with E-state index in [1.807, 2.05) is 0 Å². The maximum absolute atomic E-state index is 10.6. The van der Waals surface area contributed by atoms with Gasteiger partial charge in [0.05, 0.1) is 19.6 Å². The fourth-order valence-corrected chi connectivity index (χ4v) is 1.53. The minimum absolute atomic E-state index is 0. The Kier molecular flexibility index (Phi) is 9.62. The van der Waals surface area contributed by atoms with Crippen LogP contribution in [0.4, 0.5) is 0 Å². The number of ether oxygens (including phenoxy) is 1. The summed E-state index contributed by atoms with van der Waals surface area (Å²) in [6.45, 7) is 12.8. The number of nitrogens with zero attached hydrogens (tertiary/aromatic N) is 1. The van der Waals surface area contributed by atoms with E-state index in [0.29, 0.717) is 6.61 Å². The monoisotopic (exact) mass is 267 g/mol. The molecule has 0 N–H and O–H groups in total. The van der Waals surface area contributed by atoms with Crippen molar-refractivity contribution < 1.29 is 31.0 Å². The maximum atomic E-state index is 10.6. The Morgan fingerprint density at radius 2 is 1.57 bits per heavy atom. The van der Waals surface area contributed by atoms with Crippen molar-refractivity contribution in [1.29, 1.82) is 0 Å². The van der Waals surface area contributed by atoms with Crippen LogP contribution in [0.15, 0.2) is 0 Å². The third-order valence-corrected chi connectivity index (χ3v) is 2.88. The van der Waals surface area contributed by atoms with Crippen LogP contribution in [0.25, 0.3) is 0 Å². The summed E-state index contributed by atoms with van der Waals surface area (Å²) >= 11 is 0. The number of esters is 1. The molecule has 0 aliphatic heterocycles. The van der Waals surface area contributed by atoms with Crippen LogP contribution in [-0.4, -0.2) is 43.2 Å². The van der Waals surface area contributed by atoms with Crippen LogP contribution >= 0.6 is 0 Å². The van der Waals surface area contributed by atoms with Gasteiger partial charge in [-0.25, -0.2) is 0 Å². The summed E-state index contributed by atoms with van der Waals surface area (Å²) in [7, 11) is 0. The number of hydrogen-bond donors (Lipinski definition) is 0. The second-order valence-electron chi connectivity index (χ2n) is 3.35. The molecule has 0 saturated carbocycles. The van der Waals surface area contributed by atoms with E-state index in [9.17, 15) is 4.79 Å². The predicted octanol–water partition coefficient (Wildman–Crippen LogP) is -1.57. The first kappa shape index (κ1) is 16.3. The topological polar surface area (TPSA) is 26.3 Å². The summed E-state index contributed by atoms with van der Waals surface area (Å²) in [5, 5.41) is 0. The predicted molar refractivity (Wildman–Crippen MR) is 53.4 cm³/mol. The highest BCUT2D eigenvalue weighted by atomic mass is 79.9. The molecule has 0 atom stereocenters. The molecule has 0 aliphatic rings. The van der Waals surface area contributed by atoms with E-state index < -0.39 is 0 Å². The highest BCUT2D eigenvalue weighted by Gasteiger charge is 2.20. The Morgan fingerprint density at radius 3 is 1.86 bits per heavy atom. The number of halogens is 1. The van der Waals surface area contributed by atoms with Gasteiger partial charge in [0.1, 0.15) is 13.2 Å². The Labute approximate surface area is 97.8 Å². The van der Waals surface area contributed by atoms with Crippen LogP contribution in [0.5, 0.6) is 0 Å². The molecule has 14 heavy (non-hydrogen) atoms. The molecule has 0 aromatic heterocycles. The maximum Gasteiger partial charge on any atom is 0.302 e. The van der Waals surface area contributed by atoms with Crippen molar-refractivity contribution in [2.45, 2.75) is 27.7 Å². The van der Waals surface area contributed by atoms with E-state index in [1.165, 1.54) is 6.92 Å². The van der Waals surface area contributed by atoms with Crippen LogP contribution in [0.2, 0.25) is 0 Å². The molecule has 0 aromatic rings. The molecular formula is C10H22BrNO2. The van der Waals surface area contributed by atoms with E-state index >= 15 is 0 Å². The number of carbonyl (C=O) groups is 1. The minimum atomic E-state index is -0.179. The van der Waals surface area contributed by atoms with Crippen LogP contribution in [0.3, 0.4) is 0 Å². The number of likely N-dealkylation sites (N-methyl/N-ethyl adjacent to an activating group) is 1. The first-order valence-corrected chi connectivity index (χ1v) is 5.08. The van der Waals surface area contributed by atoms with Crippen molar-refractivity contribution >= 4 is 5.97 Å². The van der Waals surface area contributed by atoms with Gasteiger partial charge in [-0.3, -0.25) is 4.79 Å². The molecule has 0 rings (SSSR count). The number of carbonyl (C=O) groups excluding carboxylic acids is 1. The lowest BCUT2D eigenvalue weighted by molar-refractivity contribution is -0.923. The van der Waals surface area contributed by atoms with E-state index in [-0.39, 0.29) is 23.0 Å². The zero-order valence-corrected chi connectivity index (χ0v) is 11.3. The average molecular weight is 268 g/mol. The van der Waals surface area contributed by atoms with Crippen molar-refractivity contribution in [2.24, 2.45) is 0 Å². The van der Waals surface area contributed by atoms with E-state index in [1.54, 1.807) is 0 Å². The van der Waals surface area contributed by atoms with Gasteiger partial charge in [0, 0.05) is 6.92 Å². The summed E-state index contributed by atoms with van der Waals surface area (Å²) in [4.78, 5) is 10.6. The van der Waals surface area contributed by atoms with Gasteiger partial charge in [-0.2, -0.15) is 0 Å². The lowest BCUT2D eigenvalue weighted by atomic mass is 10.3. The molecule has 0 spiro atoms. The van der Waals surface area contributed by atoms with Crippen LogP contribution in [0, 0.1) is 0 Å². The van der Waals surface area contributed by atoms with Crippen molar-refractivity contribution in [2.75, 3.05) is 32.8 Å². The van der Waals surface area contributed by atoms with Crippen molar-refractivity contribution in [3.8, 4) is 0 Å². The van der Waals surface area contributed by atoms with E-state index in [4.69, 9.17) is 4.74 Å². The molecule has 3 nitrogen and oxygen atoms in total. The Balaban J connectivity index is 0. The van der Waals surface area contributed by atoms with Gasteiger partial charge < -0.3 is 26.2 Å². The van der Waals surface area contributed by atoms with Crippen molar-refractivity contribution in [1.82, 2.24) is 0 Å². The number of rotatable bonds is 6.